The van der Waals surface area contributed by atoms with E-state index in [2.05, 4.69) is 29.8 Å². The van der Waals surface area contributed by atoms with Crippen LogP contribution in [0.15, 0.2) is 53.0 Å². The van der Waals surface area contributed by atoms with E-state index in [1.807, 2.05) is 24.3 Å². The van der Waals surface area contributed by atoms with E-state index in [9.17, 15) is 14.4 Å². The van der Waals surface area contributed by atoms with Gasteiger partial charge in [0.1, 0.15) is 0 Å². The molecule has 1 aliphatic rings. The van der Waals surface area contributed by atoms with Gasteiger partial charge in [0.2, 0.25) is 5.91 Å². The molecule has 0 N–H and O–H groups in total. The number of benzene rings is 2. The van der Waals surface area contributed by atoms with Crippen molar-refractivity contribution in [1.29, 1.82) is 0 Å². The van der Waals surface area contributed by atoms with Gasteiger partial charge in [-0.25, -0.2) is 0 Å². The highest BCUT2D eigenvalue weighted by Crippen LogP contribution is 2.28. The smallest absolute Gasteiger partial charge is 0.311 e. The van der Waals surface area contributed by atoms with Crippen molar-refractivity contribution in [2.45, 2.75) is 32.6 Å². The van der Waals surface area contributed by atoms with Crippen LogP contribution in [-0.4, -0.2) is 30.8 Å². The van der Waals surface area contributed by atoms with Gasteiger partial charge in [-0.05, 0) is 42.2 Å². The fourth-order valence-electron chi connectivity index (χ4n) is 3.31. The van der Waals surface area contributed by atoms with Crippen LogP contribution in [0.4, 0.5) is 5.69 Å². The number of rotatable bonds is 7. The molecule has 152 valence electrons. The Morgan fingerprint density at radius 2 is 1.79 bits per heavy atom. The number of hydrogen-bond acceptors (Lipinski definition) is 4. The Labute approximate surface area is 179 Å². The number of esters is 1. The molecular formula is C23H24BrNO4. The lowest BCUT2D eigenvalue weighted by molar-refractivity contribution is -0.147. The van der Waals surface area contributed by atoms with Crippen molar-refractivity contribution >= 4 is 39.3 Å². The molecule has 0 unspecified atom stereocenters. The summed E-state index contributed by atoms with van der Waals surface area (Å²) in [5, 5.41) is 0. The Kier molecular flexibility index (Phi) is 6.85. The molecule has 2 aromatic carbocycles. The number of halogens is 1. The molecule has 6 heteroatoms. The number of carbonyl (C=O) groups excluding carboxylic acids is 3. The van der Waals surface area contributed by atoms with E-state index in [1.54, 1.807) is 29.2 Å². The van der Waals surface area contributed by atoms with Gasteiger partial charge >= 0.3 is 5.97 Å². The first-order chi connectivity index (χ1) is 13.9. The fraction of sp³-hybridized carbons (Fsp3) is 0.348. The summed E-state index contributed by atoms with van der Waals surface area (Å²) in [6, 6.07) is 14.8. The lowest BCUT2D eigenvalue weighted by Gasteiger charge is -2.18. The van der Waals surface area contributed by atoms with E-state index in [4.69, 9.17) is 4.74 Å². The Morgan fingerprint density at radius 1 is 1.14 bits per heavy atom. The van der Waals surface area contributed by atoms with Gasteiger partial charge in [0.25, 0.3) is 0 Å². The maximum absolute atomic E-state index is 12.4. The molecule has 2 atom stereocenters. The summed E-state index contributed by atoms with van der Waals surface area (Å²) in [4.78, 5) is 38.6. The van der Waals surface area contributed by atoms with Gasteiger partial charge in [0.15, 0.2) is 12.4 Å². The monoisotopic (exact) mass is 457 g/mol. The van der Waals surface area contributed by atoms with Gasteiger partial charge in [-0.2, -0.15) is 0 Å². The Bertz CT molecular complexity index is 892. The van der Waals surface area contributed by atoms with Crippen molar-refractivity contribution in [1.82, 2.24) is 0 Å². The zero-order chi connectivity index (χ0) is 21.0. The molecule has 1 fully saturated rings. The summed E-state index contributed by atoms with van der Waals surface area (Å²) in [5.74, 6) is -0.989. The normalized spacial score (nSPS) is 17.3. The highest BCUT2D eigenvalue weighted by molar-refractivity contribution is 9.10. The van der Waals surface area contributed by atoms with E-state index in [0.29, 0.717) is 11.5 Å². The van der Waals surface area contributed by atoms with Crippen molar-refractivity contribution < 1.29 is 19.1 Å². The number of hydrogen-bond donors (Lipinski definition) is 0. The molecule has 0 saturated carbocycles. The van der Waals surface area contributed by atoms with Gasteiger partial charge in [-0.1, -0.05) is 54.0 Å². The highest BCUT2D eigenvalue weighted by atomic mass is 79.9. The third kappa shape index (κ3) is 5.12. The van der Waals surface area contributed by atoms with Crippen molar-refractivity contribution in [3.8, 4) is 0 Å². The second kappa shape index (κ2) is 9.35. The van der Waals surface area contributed by atoms with Crippen LogP contribution >= 0.6 is 15.9 Å². The van der Waals surface area contributed by atoms with Crippen LogP contribution in [0.1, 0.15) is 48.5 Å². The molecule has 5 nitrogen and oxygen atoms in total. The van der Waals surface area contributed by atoms with Crippen LogP contribution in [0, 0.1) is 5.92 Å². The van der Waals surface area contributed by atoms with E-state index in [1.165, 1.54) is 5.56 Å². The topological polar surface area (TPSA) is 63.7 Å². The standard InChI is InChI=1S/C23H24BrNO4/c1-3-15(2)16-6-10-20(11-7-16)25-13-18(12-22(25)27)23(28)29-14-21(26)17-4-8-19(24)9-5-17/h4-11,15,18H,3,12-14H2,1-2H3/t15-,18+/m0/s1. The Balaban J connectivity index is 1.57. The molecule has 0 spiro atoms. The molecule has 0 radical (unpaired) electrons. The van der Waals surface area contributed by atoms with Gasteiger partial charge in [-0.15, -0.1) is 0 Å². The number of amides is 1. The predicted molar refractivity (Wildman–Crippen MR) is 115 cm³/mol. The van der Waals surface area contributed by atoms with Crippen molar-refractivity contribution in [3.05, 3.63) is 64.1 Å². The van der Waals surface area contributed by atoms with Gasteiger partial charge in [-0.3, -0.25) is 14.4 Å². The molecule has 29 heavy (non-hydrogen) atoms. The van der Waals surface area contributed by atoms with E-state index in [-0.39, 0.29) is 31.3 Å². The summed E-state index contributed by atoms with van der Waals surface area (Å²) >= 11 is 3.31. The summed E-state index contributed by atoms with van der Waals surface area (Å²) < 4.78 is 6.06. The zero-order valence-corrected chi connectivity index (χ0v) is 18.1. The fourth-order valence-corrected chi connectivity index (χ4v) is 3.57. The molecule has 0 aromatic heterocycles. The number of nitrogens with zero attached hydrogens (tertiary/aromatic N) is 1. The minimum absolute atomic E-state index is 0.0957. The largest absolute Gasteiger partial charge is 0.457 e. The van der Waals surface area contributed by atoms with Crippen LogP contribution in [0.3, 0.4) is 0 Å². The molecule has 3 rings (SSSR count). The van der Waals surface area contributed by atoms with Crippen LogP contribution < -0.4 is 4.90 Å². The number of anilines is 1. The zero-order valence-electron chi connectivity index (χ0n) is 16.6. The van der Waals surface area contributed by atoms with E-state index < -0.39 is 11.9 Å². The lowest BCUT2D eigenvalue weighted by atomic mass is 9.98. The van der Waals surface area contributed by atoms with E-state index in [0.717, 1.165) is 16.6 Å². The summed E-state index contributed by atoms with van der Waals surface area (Å²) in [7, 11) is 0. The van der Waals surface area contributed by atoms with Crippen molar-refractivity contribution in [2.75, 3.05) is 18.1 Å². The lowest BCUT2D eigenvalue weighted by Crippen LogP contribution is -2.27. The molecule has 1 saturated heterocycles. The molecule has 1 aliphatic heterocycles. The Hall–Kier alpha value is -2.47. The average Bonchev–Trinajstić information content (AvgIpc) is 3.13. The third-order valence-electron chi connectivity index (χ3n) is 5.36. The first-order valence-corrected chi connectivity index (χ1v) is 10.5. The second-order valence-corrected chi connectivity index (χ2v) is 8.26. The Morgan fingerprint density at radius 3 is 2.41 bits per heavy atom. The van der Waals surface area contributed by atoms with Crippen molar-refractivity contribution in [3.63, 3.8) is 0 Å². The maximum Gasteiger partial charge on any atom is 0.311 e. The van der Waals surface area contributed by atoms with E-state index >= 15 is 0 Å². The molecule has 2 aromatic rings. The molecular weight excluding hydrogens is 434 g/mol. The first-order valence-electron chi connectivity index (χ1n) is 9.74. The van der Waals surface area contributed by atoms with Gasteiger partial charge < -0.3 is 9.64 Å². The number of Topliss-reactive ketones (excluding diaryl/α,β-unsaturated/α-hetero) is 1. The predicted octanol–water partition coefficient (Wildman–Crippen LogP) is 4.74. The van der Waals surface area contributed by atoms with Crippen LogP contribution in [0.5, 0.6) is 0 Å². The quantitative estimate of drug-likeness (QED) is 0.444. The van der Waals surface area contributed by atoms with Gasteiger partial charge in [0, 0.05) is 28.7 Å². The molecule has 0 aliphatic carbocycles. The third-order valence-corrected chi connectivity index (χ3v) is 5.88. The second-order valence-electron chi connectivity index (χ2n) is 7.34. The number of ether oxygens (including phenoxy) is 1. The van der Waals surface area contributed by atoms with Crippen molar-refractivity contribution in [2.24, 2.45) is 5.92 Å². The summed E-state index contributed by atoms with van der Waals surface area (Å²) in [6.45, 7) is 4.25. The summed E-state index contributed by atoms with van der Waals surface area (Å²) in [6.07, 6.45) is 1.15. The minimum atomic E-state index is -0.561. The highest BCUT2D eigenvalue weighted by Gasteiger charge is 2.36. The number of carbonyl (C=O) groups is 3. The summed E-state index contributed by atoms with van der Waals surface area (Å²) in [5.41, 5.74) is 2.49. The molecule has 0 bridgehead atoms. The average molecular weight is 458 g/mol. The maximum atomic E-state index is 12.4. The van der Waals surface area contributed by atoms with Crippen LogP contribution in [0.2, 0.25) is 0 Å². The molecule has 1 amide bonds. The minimum Gasteiger partial charge on any atom is -0.457 e. The SMILES string of the molecule is CC[C@H](C)c1ccc(N2C[C@H](C(=O)OCC(=O)c3ccc(Br)cc3)CC2=O)cc1. The molecule has 1 heterocycles. The number of ketones is 1. The first kappa shape index (κ1) is 21.2. The van der Waals surface area contributed by atoms with Gasteiger partial charge in [0.05, 0.1) is 5.92 Å². The van der Waals surface area contributed by atoms with Crippen LogP contribution in [-0.2, 0) is 14.3 Å². The van der Waals surface area contributed by atoms with Crippen LogP contribution in [0.25, 0.3) is 0 Å².